The zero-order valence-electron chi connectivity index (χ0n) is 10.9. The second-order valence-corrected chi connectivity index (χ2v) is 5.92. The quantitative estimate of drug-likeness (QED) is 0.681. The minimum absolute atomic E-state index is 0.0536. The smallest absolute Gasteiger partial charge is 0.274 e. The molecule has 0 amide bonds. The largest absolute Gasteiger partial charge is 0.393 e. The molecule has 1 fully saturated rings. The van der Waals surface area contributed by atoms with Gasteiger partial charge in [0.25, 0.3) is 5.69 Å². The van der Waals surface area contributed by atoms with E-state index in [9.17, 15) is 15.2 Å². The van der Waals surface area contributed by atoms with E-state index in [1.165, 1.54) is 6.07 Å². The molecule has 1 aromatic carbocycles. The van der Waals surface area contributed by atoms with Crippen LogP contribution in [0.4, 0.5) is 5.69 Å². The number of nitro groups is 1. The molecule has 3 unspecified atom stereocenters. The average Bonchev–Trinajstić information content (AvgIpc) is 2.35. The summed E-state index contributed by atoms with van der Waals surface area (Å²) in [6, 6.07) is 4.75. The molecule has 1 aromatic rings. The van der Waals surface area contributed by atoms with E-state index >= 15 is 0 Å². The summed E-state index contributed by atoms with van der Waals surface area (Å²) in [5.74, 6) is 0.670. The van der Waals surface area contributed by atoms with E-state index in [4.69, 9.17) is 11.6 Å². The molecule has 1 aliphatic carbocycles. The summed E-state index contributed by atoms with van der Waals surface area (Å²) in [7, 11) is 0. The second kappa shape index (κ2) is 5.88. The van der Waals surface area contributed by atoms with Crippen molar-refractivity contribution in [3.8, 4) is 0 Å². The van der Waals surface area contributed by atoms with Crippen molar-refractivity contribution in [2.75, 3.05) is 0 Å². The molecule has 0 aliphatic heterocycles. The van der Waals surface area contributed by atoms with Gasteiger partial charge in [-0.3, -0.25) is 10.1 Å². The minimum atomic E-state index is -0.403. The Labute approximate surface area is 117 Å². The maximum Gasteiger partial charge on any atom is 0.274 e. The highest BCUT2D eigenvalue weighted by Crippen LogP contribution is 2.34. The van der Waals surface area contributed by atoms with E-state index in [0.29, 0.717) is 22.9 Å². The van der Waals surface area contributed by atoms with Gasteiger partial charge in [-0.15, -0.1) is 0 Å². The van der Waals surface area contributed by atoms with Crippen LogP contribution in [0.5, 0.6) is 0 Å². The molecule has 0 aromatic heterocycles. The Morgan fingerprint density at radius 1 is 1.47 bits per heavy atom. The van der Waals surface area contributed by atoms with Crippen molar-refractivity contribution >= 4 is 17.3 Å². The van der Waals surface area contributed by atoms with Crippen molar-refractivity contribution in [1.82, 2.24) is 0 Å². The van der Waals surface area contributed by atoms with Crippen LogP contribution in [0.15, 0.2) is 18.2 Å². The first-order valence-electron chi connectivity index (χ1n) is 6.58. The molecule has 0 saturated heterocycles. The van der Waals surface area contributed by atoms with Gasteiger partial charge in [0.2, 0.25) is 0 Å². The molecule has 1 N–H and O–H groups in total. The van der Waals surface area contributed by atoms with E-state index in [1.54, 1.807) is 12.1 Å². The van der Waals surface area contributed by atoms with Gasteiger partial charge in [0.1, 0.15) is 0 Å². The molecule has 19 heavy (non-hydrogen) atoms. The summed E-state index contributed by atoms with van der Waals surface area (Å²) in [6.07, 6.45) is 2.92. The molecule has 1 saturated carbocycles. The van der Waals surface area contributed by atoms with Crippen LogP contribution in [0.3, 0.4) is 0 Å². The first-order valence-corrected chi connectivity index (χ1v) is 6.96. The molecule has 0 radical (unpaired) electrons. The fourth-order valence-corrected chi connectivity index (χ4v) is 3.03. The SMILES string of the molecule is CC1CCC(O)C(Cc2ccc(Cl)cc2[N+](=O)[O-])C1. The van der Waals surface area contributed by atoms with Gasteiger partial charge in [-0.1, -0.05) is 24.6 Å². The average molecular weight is 284 g/mol. The van der Waals surface area contributed by atoms with Crippen molar-refractivity contribution in [2.45, 2.75) is 38.7 Å². The fraction of sp³-hybridized carbons (Fsp3) is 0.571. The van der Waals surface area contributed by atoms with Crippen LogP contribution in [-0.2, 0) is 6.42 Å². The van der Waals surface area contributed by atoms with Crippen molar-refractivity contribution in [1.29, 1.82) is 0 Å². The topological polar surface area (TPSA) is 63.4 Å². The minimum Gasteiger partial charge on any atom is -0.393 e. The van der Waals surface area contributed by atoms with Gasteiger partial charge in [0.05, 0.1) is 11.0 Å². The zero-order chi connectivity index (χ0) is 14.0. The Morgan fingerprint density at radius 2 is 2.21 bits per heavy atom. The summed E-state index contributed by atoms with van der Waals surface area (Å²) in [5, 5.41) is 21.5. The molecule has 1 aliphatic rings. The van der Waals surface area contributed by atoms with Crippen LogP contribution in [0.1, 0.15) is 31.7 Å². The molecule has 5 heteroatoms. The Bertz CT molecular complexity index is 478. The highest BCUT2D eigenvalue weighted by atomic mass is 35.5. The molecule has 4 nitrogen and oxygen atoms in total. The van der Waals surface area contributed by atoms with Crippen LogP contribution in [0.2, 0.25) is 5.02 Å². The third-order valence-corrected chi connectivity index (χ3v) is 4.17. The molecular weight excluding hydrogens is 266 g/mol. The lowest BCUT2D eigenvalue weighted by Crippen LogP contribution is -2.29. The van der Waals surface area contributed by atoms with Crippen LogP contribution in [-0.4, -0.2) is 16.1 Å². The Kier molecular flexibility index (Phi) is 4.42. The number of rotatable bonds is 3. The molecular formula is C14H18ClNO3. The van der Waals surface area contributed by atoms with E-state index in [1.807, 2.05) is 0 Å². The van der Waals surface area contributed by atoms with E-state index in [-0.39, 0.29) is 17.7 Å². The third kappa shape index (κ3) is 3.45. The number of aliphatic hydroxyl groups is 1. The maximum atomic E-state index is 11.0. The van der Waals surface area contributed by atoms with E-state index in [2.05, 4.69) is 6.92 Å². The van der Waals surface area contributed by atoms with Crippen LogP contribution >= 0.6 is 11.6 Å². The molecule has 3 atom stereocenters. The third-order valence-electron chi connectivity index (χ3n) is 3.93. The number of halogens is 1. The number of aliphatic hydroxyl groups excluding tert-OH is 1. The fourth-order valence-electron chi connectivity index (χ4n) is 2.86. The van der Waals surface area contributed by atoms with Gasteiger partial charge in [0, 0.05) is 16.7 Å². The van der Waals surface area contributed by atoms with E-state index < -0.39 is 4.92 Å². The van der Waals surface area contributed by atoms with Crippen molar-refractivity contribution in [3.05, 3.63) is 38.9 Å². The summed E-state index contributed by atoms with van der Waals surface area (Å²) in [6.45, 7) is 2.16. The zero-order valence-corrected chi connectivity index (χ0v) is 11.6. The summed E-state index contributed by atoms with van der Waals surface area (Å²) in [5.41, 5.74) is 0.713. The van der Waals surface area contributed by atoms with Gasteiger partial charge in [-0.2, -0.15) is 0 Å². The Balaban J connectivity index is 2.20. The van der Waals surface area contributed by atoms with Crippen molar-refractivity contribution in [3.63, 3.8) is 0 Å². The maximum absolute atomic E-state index is 11.0. The van der Waals surface area contributed by atoms with Crippen LogP contribution in [0.25, 0.3) is 0 Å². The van der Waals surface area contributed by atoms with Gasteiger partial charge in [-0.25, -0.2) is 0 Å². The lowest BCUT2D eigenvalue weighted by Gasteiger charge is -2.31. The highest BCUT2D eigenvalue weighted by Gasteiger charge is 2.29. The number of nitrogens with zero attached hydrogens (tertiary/aromatic N) is 1. The Hall–Kier alpha value is -1.13. The highest BCUT2D eigenvalue weighted by molar-refractivity contribution is 6.30. The van der Waals surface area contributed by atoms with Gasteiger partial charge in [-0.05, 0) is 43.6 Å². The summed E-state index contributed by atoms with van der Waals surface area (Å²) < 4.78 is 0. The number of nitro benzene ring substituents is 1. The number of benzene rings is 1. The monoisotopic (exact) mass is 283 g/mol. The number of hydrogen-bond donors (Lipinski definition) is 1. The first kappa shape index (κ1) is 14.3. The molecule has 0 heterocycles. The number of hydrogen-bond acceptors (Lipinski definition) is 3. The molecule has 104 valence electrons. The van der Waals surface area contributed by atoms with Gasteiger partial charge >= 0.3 is 0 Å². The predicted octanol–water partition coefficient (Wildman–Crippen LogP) is 3.59. The van der Waals surface area contributed by atoms with Crippen molar-refractivity contribution < 1.29 is 10.0 Å². The molecule has 0 spiro atoms. The van der Waals surface area contributed by atoms with Crippen LogP contribution < -0.4 is 0 Å². The Morgan fingerprint density at radius 3 is 2.89 bits per heavy atom. The van der Waals surface area contributed by atoms with Crippen molar-refractivity contribution in [2.24, 2.45) is 11.8 Å². The normalized spacial score (nSPS) is 27.2. The summed E-state index contributed by atoms with van der Waals surface area (Å²) >= 11 is 5.80. The predicted molar refractivity (Wildman–Crippen MR) is 74.3 cm³/mol. The molecule has 0 bridgehead atoms. The standard InChI is InChI=1S/C14H18ClNO3/c1-9-2-5-14(17)11(6-9)7-10-3-4-12(15)8-13(10)16(18)19/h3-4,8-9,11,14,17H,2,5-7H2,1H3. The molecule has 2 rings (SSSR count). The lowest BCUT2D eigenvalue weighted by molar-refractivity contribution is -0.385. The summed E-state index contributed by atoms with van der Waals surface area (Å²) in [4.78, 5) is 10.6. The van der Waals surface area contributed by atoms with Gasteiger partial charge in [0.15, 0.2) is 0 Å². The van der Waals surface area contributed by atoms with Gasteiger partial charge < -0.3 is 5.11 Å². The lowest BCUT2D eigenvalue weighted by atomic mass is 9.77. The first-order chi connectivity index (χ1) is 8.97. The van der Waals surface area contributed by atoms with E-state index in [0.717, 1.165) is 19.3 Å². The van der Waals surface area contributed by atoms with Crippen LogP contribution in [0, 0.1) is 22.0 Å². The second-order valence-electron chi connectivity index (χ2n) is 5.48.